The number of aryl methyl sites for hydroxylation is 1. The van der Waals surface area contributed by atoms with E-state index in [1.165, 1.54) is 60.5 Å². The molecule has 0 spiro atoms. The second-order valence-electron chi connectivity index (χ2n) is 8.79. The first-order valence-corrected chi connectivity index (χ1v) is 11.4. The molecule has 0 aliphatic carbocycles. The summed E-state index contributed by atoms with van der Waals surface area (Å²) in [7, 11) is 0. The lowest BCUT2D eigenvalue weighted by atomic mass is 9.91. The van der Waals surface area contributed by atoms with Gasteiger partial charge in [0.25, 0.3) is 0 Å². The summed E-state index contributed by atoms with van der Waals surface area (Å²) in [6.07, 6.45) is 0. The molecule has 0 atom stereocenters. The van der Waals surface area contributed by atoms with Gasteiger partial charge in [0.15, 0.2) is 0 Å². The molecular formula is C33H24. The molecule has 0 N–H and O–H groups in total. The van der Waals surface area contributed by atoms with E-state index in [1.54, 1.807) is 0 Å². The zero-order chi connectivity index (χ0) is 22.2. The lowest BCUT2D eigenvalue weighted by Crippen LogP contribution is -1.87. The van der Waals surface area contributed by atoms with Crippen molar-refractivity contribution < 1.29 is 0 Å². The number of rotatable bonds is 3. The van der Waals surface area contributed by atoms with Crippen LogP contribution >= 0.6 is 0 Å². The van der Waals surface area contributed by atoms with Gasteiger partial charge in [0, 0.05) is 0 Å². The molecule has 0 heterocycles. The van der Waals surface area contributed by atoms with Crippen molar-refractivity contribution in [1.29, 1.82) is 0 Å². The Morgan fingerprint density at radius 2 is 0.758 bits per heavy atom. The SMILES string of the molecule is Cc1cccc(-c2cc(-c3ccc4ccccc4c3)cc(-c3ccc4ccccc4c3)c2)c1. The van der Waals surface area contributed by atoms with E-state index in [-0.39, 0.29) is 0 Å². The Morgan fingerprint density at radius 1 is 0.303 bits per heavy atom. The molecule has 0 heteroatoms. The predicted molar refractivity (Wildman–Crippen MR) is 142 cm³/mol. The first kappa shape index (κ1) is 19.5. The zero-order valence-corrected chi connectivity index (χ0v) is 18.6. The Balaban J connectivity index is 1.57. The summed E-state index contributed by atoms with van der Waals surface area (Å²) in [6, 6.07) is 46.4. The summed E-state index contributed by atoms with van der Waals surface area (Å²) in [5.41, 5.74) is 8.73. The van der Waals surface area contributed by atoms with Crippen LogP contribution in [0.3, 0.4) is 0 Å². The number of hydrogen-bond donors (Lipinski definition) is 0. The van der Waals surface area contributed by atoms with Crippen LogP contribution in [0.5, 0.6) is 0 Å². The molecule has 33 heavy (non-hydrogen) atoms. The minimum Gasteiger partial charge on any atom is -0.0616 e. The molecule has 0 radical (unpaired) electrons. The summed E-state index contributed by atoms with van der Waals surface area (Å²) in [6.45, 7) is 2.15. The highest BCUT2D eigenvalue weighted by atomic mass is 14.1. The van der Waals surface area contributed by atoms with Gasteiger partial charge in [-0.25, -0.2) is 0 Å². The van der Waals surface area contributed by atoms with Gasteiger partial charge in [-0.2, -0.15) is 0 Å². The highest BCUT2D eigenvalue weighted by Gasteiger charge is 2.09. The third-order valence-corrected chi connectivity index (χ3v) is 6.45. The summed E-state index contributed by atoms with van der Waals surface area (Å²) in [4.78, 5) is 0. The first-order valence-electron chi connectivity index (χ1n) is 11.4. The minimum atomic E-state index is 1.24. The molecule has 0 aliphatic heterocycles. The van der Waals surface area contributed by atoms with E-state index in [0.717, 1.165) is 0 Å². The minimum absolute atomic E-state index is 1.24. The van der Waals surface area contributed by atoms with Gasteiger partial charge >= 0.3 is 0 Å². The molecule has 0 amide bonds. The highest BCUT2D eigenvalue weighted by Crippen LogP contribution is 2.35. The van der Waals surface area contributed by atoms with Gasteiger partial charge in [-0.1, -0.05) is 103 Å². The van der Waals surface area contributed by atoms with E-state index < -0.39 is 0 Å². The lowest BCUT2D eigenvalue weighted by Gasteiger charge is -2.13. The zero-order valence-electron chi connectivity index (χ0n) is 18.6. The van der Waals surface area contributed by atoms with E-state index in [1.807, 2.05) is 0 Å². The fourth-order valence-electron chi connectivity index (χ4n) is 4.69. The van der Waals surface area contributed by atoms with Gasteiger partial charge in [-0.3, -0.25) is 0 Å². The van der Waals surface area contributed by atoms with Gasteiger partial charge in [-0.15, -0.1) is 0 Å². The van der Waals surface area contributed by atoms with Crippen molar-refractivity contribution in [3.05, 3.63) is 133 Å². The molecule has 0 fully saturated rings. The van der Waals surface area contributed by atoms with Crippen LogP contribution in [-0.2, 0) is 0 Å². The molecule has 0 saturated heterocycles. The van der Waals surface area contributed by atoms with Crippen LogP contribution in [0.15, 0.2) is 127 Å². The Morgan fingerprint density at radius 3 is 1.24 bits per heavy atom. The third kappa shape index (κ3) is 3.81. The molecule has 0 saturated carbocycles. The second kappa shape index (κ2) is 8.07. The van der Waals surface area contributed by atoms with E-state index in [2.05, 4.69) is 134 Å². The van der Waals surface area contributed by atoms with Gasteiger partial charge in [0.05, 0.1) is 0 Å². The molecule has 0 nitrogen and oxygen atoms in total. The van der Waals surface area contributed by atoms with Gasteiger partial charge in [0.1, 0.15) is 0 Å². The molecule has 0 aliphatic rings. The largest absolute Gasteiger partial charge is 0.0616 e. The van der Waals surface area contributed by atoms with Crippen molar-refractivity contribution in [2.45, 2.75) is 6.92 Å². The standard InChI is InChI=1S/C33H24/c1-23-7-6-12-26(17-23)31-20-32(29-15-13-24-8-2-4-10-27(24)18-29)22-33(21-31)30-16-14-25-9-3-5-11-28(25)19-30/h2-22H,1H3. The van der Waals surface area contributed by atoms with Crippen LogP contribution in [0.1, 0.15) is 5.56 Å². The molecule has 6 aromatic carbocycles. The summed E-state index contributed by atoms with van der Waals surface area (Å²) in [5, 5.41) is 5.07. The van der Waals surface area contributed by atoms with Crippen LogP contribution < -0.4 is 0 Å². The molecule has 6 rings (SSSR count). The van der Waals surface area contributed by atoms with Crippen LogP contribution in [0.4, 0.5) is 0 Å². The maximum Gasteiger partial charge on any atom is -0.0171 e. The average molecular weight is 421 g/mol. The molecule has 6 aromatic rings. The maximum absolute atomic E-state index is 2.33. The Hall–Kier alpha value is -4.16. The number of benzene rings is 6. The van der Waals surface area contributed by atoms with Crippen molar-refractivity contribution in [3.8, 4) is 33.4 Å². The fourth-order valence-corrected chi connectivity index (χ4v) is 4.69. The van der Waals surface area contributed by atoms with E-state index in [4.69, 9.17) is 0 Å². The molecule has 0 bridgehead atoms. The Bertz CT molecular complexity index is 1520. The van der Waals surface area contributed by atoms with E-state index in [0.29, 0.717) is 0 Å². The highest BCUT2D eigenvalue weighted by molar-refractivity contribution is 5.91. The topological polar surface area (TPSA) is 0 Å². The quantitative estimate of drug-likeness (QED) is 0.267. The average Bonchev–Trinajstić information content (AvgIpc) is 2.88. The summed E-state index contributed by atoms with van der Waals surface area (Å²) in [5.74, 6) is 0. The smallest absolute Gasteiger partial charge is 0.0171 e. The van der Waals surface area contributed by atoms with Crippen LogP contribution in [-0.4, -0.2) is 0 Å². The third-order valence-electron chi connectivity index (χ3n) is 6.45. The lowest BCUT2D eigenvalue weighted by molar-refractivity contribution is 1.46. The van der Waals surface area contributed by atoms with Crippen molar-refractivity contribution in [1.82, 2.24) is 0 Å². The molecule has 0 unspecified atom stereocenters. The van der Waals surface area contributed by atoms with E-state index in [9.17, 15) is 0 Å². The monoisotopic (exact) mass is 420 g/mol. The predicted octanol–water partition coefficient (Wildman–Crippen LogP) is 9.30. The van der Waals surface area contributed by atoms with Crippen LogP contribution in [0.25, 0.3) is 54.9 Å². The maximum atomic E-state index is 2.33. The molecule has 0 aromatic heterocycles. The van der Waals surface area contributed by atoms with Crippen molar-refractivity contribution in [2.24, 2.45) is 0 Å². The van der Waals surface area contributed by atoms with Crippen molar-refractivity contribution in [3.63, 3.8) is 0 Å². The molecular weight excluding hydrogens is 396 g/mol. The second-order valence-corrected chi connectivity index (χ2v) is 8.79. The number of fused-ring (bicyclic) bond motifs is 2. The Labute approximate surface area is 194 Å². The normalized spacial score (nSPS) is 11.2. The summed E-state index contributed by atoms with van der Waals surface area (Å²) >= 11 is 0. The summed E-state index contributed by atoms with van der Waals surface area (Å²) < 4.78 is 0. The van der Waals surface area contributed by atoms with Gasteiger partial charge in [0.2, 0.25) is 0 Å². The first-order chi connectivity index (χ1) is 16.2. The van der Waals surface area contributed by atoms with Crippen molar-refractivity contribution in [2.75, 3.05) is 0 Å². The Kier molecular flexibility index (Phi) is 4.78. The fraction of sp³-hybridized carbons (Fsp3) is 0.0303. The van der Waals surface area contributed by atoms with E-state index >= 15 is 0 Å². The van der Waals surface area contributed by atoms with Crippen molar-refractivity contribution >= 4 is 21.5 Å². The molecule has 156 valence electrons. The van der Waals surface area contributed by atoms with Crippen LogP contribution in [0, 0.1) is 6.92 Å². The number of hydrogen-bond acceptors (Lipinski definition) is 0. The van der Waals surface area contributed by atoms with Gasteiger partial charge < -0.3 is 0 Å². The van der Waals surface area contributed by atoms with Gasteiger partial charge in [-0.05, 0) is 92.2 Å². The van der Waals surface area contributed by atoms with Crippen LogP contribution in [0.2, 0.25) is 0 Å².